The Balaban J connectivity index is 1.60. The zero-order valence-electron chi connectivity index (χ0n) is 18.8. The number of aromatic nitrogens is 2. The largest absolute Gasteiger partial charge is 0.378 e. The maximum Gasteiger partial charge on any atom is 0.233 e. The van der Waals surface area contributed by atoms with Crippen molar-refractivity contribution in [2.24, 2.45) is 5.41 Å². The average Bonchev–Trinajstić information content (AvgIpc) is 2.70. The van der Waals surface area contributed by atoms with E-state index in [9.17, 15) is 9.59 Å². The monoisotopic (exact) mass is 469 g/mol. The predicted molar refractivity (Wildman–Crippen MR) is 123 cm³/mol. The van der Waals surface area contributed by atoms with Crippen LogP contribution in [0.25, 0.3) is 0 Å². The van der Waals surface area contributed by atoms with Gasteiger partial charge in [0.1, 0.15) is 11.0 Å². The molecule has 10 heteroatoms. The third-order valence-corrected chi connectivity index (χ3v) is 6.33. The number of carbonyl (C=O) groups excluding carboxylic acids is 2. The second-order valence-electron chi connectivity index (χ2n) is 9.23. The summed E-state index contributed by atoms with van der Waals surface area (Å²) >= 11 is 7.55. The highest BCUT2D eigenvalue weighted by molar-refractivity contribution is 7.99. The molecule has 1 unspecified atom stereocenters. The van der Waals surface area contributed by atoms with Gasteiger partial charge < -0.3 is 19.4 Å². The molecule has 2 fully saturated rings. The lowest BCUT2D eigenvalue weighted by molar-refractivity contribution is -0.135. The van der Waals surface area contributed by atoms with Gasteiger partial charge in [-0.05, 0) is 12.3 Å². The molecule has 0 aliphatic carbocycles. The van der Waals surface area contributed by atoms with E-state index in [2.05, 4.69) is 42.6 Å². The molecule has 3 heterocycles. The Hall–Kier alpha value is -1.58. The number of thioether (sulfide) groups is 1. The molecule has 2 aliphatic heterocycles. The molecule has 0 N–H and O–H groups in total. The number of nitrogens with zero attached hydrogens (tertiary/aromatic N) is 5. The fraction of sp³-hybridized carbons (Fsp3) is 0.714. The molecular formula is C21H32ClN5O3S. The van der Waals surface area contributed by atoms with Crippen LogP contribution in [0.1, 0.15) is 34.1 Å². The number of anilines is 1. The van der Waals surface area contributed by atoms with E-state index in [-0.39, 0.29) is 29.0 Å². The molecule has 2 amide bonds. The van der Waals surface area contributed by atoms with E-state index in [1.54, 1.807) is 11.0 Å². The maximum absolute atomic E-state index is 12.7. The van der Waals surface area contributed by atoms with Gasteiger partial charge in [-0.15, -0.1) is 0 Å². The van der Waals surface area contributed by atoms with E-state index in [0.717, 1.165) is 5.82 Å². The predicted octanol–water partition coefficient (Wildman–Crippen LogP) is 2.55. The van der Waals surface area contributed by atoms with Gasteiger partial charge in [-0.1, -0.05) is 44.1 Å². The maximum atomic E-state index is 12.7. The number of morpholine rings is 1. The number of hydrogen-bond acceptors (Lipinski definition) is 7. The van der Waals surface area contributed by atoms with E-state index < -0.39 is 0 Å². The van der Waals surface area contributed by atoms with Crippen LogP contribution in [0.5, 0.6) is 0 Å². The van der Waals surface area contributed by atoms with E-state index in [1.807, 2.05) is 4.90 Å². The highest BCUT2D eigenvalue weighted by Crippen LogP contribution is 2.26. The first-order chi connectivity index (χ1) is 14.6. The van der Waals surface area contributed by atoms with Gasteiger partial charge >= 0.3 is 0 Å². The van der Waals surface area contributed by atoms with Crippen molar-refractivity contribution in [2.45, 2.75) is 45.3 Å². The molecule has 1 aromatic rings. The molecular weight excluding hydrogens is 438 g/mol. The number of carbonyl (C=O) groups is 2. The molecule has 3 rings (SSSR count). The zero-order valence-corrected chi connectivity index (χ0v) is 20.3. The van der Waals surface area contributed by atoms with Gasteiger partial charge in [0.05, 0.1) is 19.0 Å². The van der Waals surface area contributed by atoms with Gasteiger partial charge in [-0.25, -0.2) is 9.97 Å². The van der Waals surface area contributed by atoms with Crippen molar-refractivity contribution in [3.63, 3.8) is 0 Å². The van der Waals surface area contributed by atoms with Gasteiger partial charge in [0.15, 0.2) is 5.16 Å². The fourth-order valence-corrected chi connectivity index (χ4v) is 4.72. The molecule has 0 spiro atoms. The lowest BCUT2D eigenvalue weighted by atomic mass is 9.91. The summed E-state index contributed by atoms with van der Waals surface area (Å²) in [7, 11) is 0. The minimum atomic E-state index is -0.0289. The van der Waals surface area contributed by atoms with E-state index in [0.29, 0.717) is 62.7 Å². The molecule has 8 nitrogen and oxygen atoms in total. The lowest BCUT2D eigenvalue weighted by Crippen LogP contribution is -2.54. The molecule has 1 atom stereocenters. The summed E-state index contributed by atoms with van der Waals surface area (Å²) < 4.78 is 5.29. The molecule has 1 aromatic heterocycles. The summed E-state index contributed by atoms with van der Waals surface area (Å²) in [5.41, 5.74) is -0.0289. The van der Waals surface area contributed by atoms with Crippen LogP contribution in [0.3, 0.4) is 0 Å². The summed E-state index contributed by atoms with van der Waals surface area (Å²) in [5.74, 6) is 1.25. The van der Waals surface area contributed by atoms with Crippen molar-refractivity contribution in [3.05, 3.63) is 11.2 Å². The lowest BCUT2D eigenvalue weighted by Gasteiger charge is -2.41. The SMILES string of the molecule is CC1CN(c2cc(Cl)nc(SCC(=O)N3CCOCC3)n2)CCN1C(=O)CC(C)(C)C. The Morgan fingerprint density at radius 2 is 1.87 bits per heavy atom. The molecule has 172 valence electrons. The molecule has 0 saturated carbocycles. The summed E-state index contributed by atoms with van der Waals surface area (Å²) in [5, 5.41) is 0.841. The highest BCUT2D eigenvalue weighted by atomic mass is 35.5. The Morgan fingerprint density at radius 3 is 2.52 bits per heavy atom. The second kappa shape index (κ2) is 10.4. The van der Waals surface area contributed by atoms with Crippen LogP contribution in [0.2, 0.25) is 5.15 Å². The summed E-state index contributed by atoms with van der Waals surface area (Å²) in [6.07, 6.45) is 0.536. The first-order valence-corrected chi connectivity index (χ1v) is 12.1. The first-order valence-electron chi connectivity index (χ1n) is 10.7. The van der Waals surface area contributed by atoms with Gasteiger partial charge in [0, 0.05) is 51.3 Å². The van der Waals surface area contributed by atoms with Crippen molar-refractivity contribution in [2.75, 3.05) is 56.6 Å². The standard InChI is InChI=1S/C21H32ClN5O3S/c1-15-13-26(5-6-27(15)18(28)12-21(2,3)4)17-11-16(22)23-20(24-17)31-14-19(29)25-7-9-30-10-8-25/h11,15H,5-10,12-14H2,1-4H3. The average molecular weight is 470 g/mol. The number of piperazine rings is 1. The van der Waals surface area contributed by atoms with Crippen molar-refractivity contribution in [1.29, 1.82) is 0 Å². The van der Waals surface area contributed by atoms with Gasteiger partial charge in [0.25, 0.3) is 0 Å². The smallest absolute Gasteiger partial charge is 0.233 e. The molecule has 0 bridgehead atoms. The fourth-order valence-electron chi connectivity index (χ4n) is 3.73. The number of rotatable bonds is 5. The van der Waals surface area contributed by atoms with Crippen LogP contribution < -0.4 is 4.90 Å². The second-order valence-corrected chi connectivity index (χ2v) is 10.6. The minimum absolute atomic E-state index is 0.0289. The Labute approximate surface area is 193 Å². The number of ether oxygens (including phenoxy) is 1. The van der Waals surface area contributed by atoms with Crippen molar-refractivity contribution in [1.82, 2.24) is 19.8 Å². The molecule has 0 radical (unpaired) electrons. The third-order valence-electron chi connectivity index (χ3n) is 5.30. The van der Waals surface area contributed by atoms with Crippen LogP contribution in [-0.4, -0.2) is 89.3 Å². The minimum Gasteiger partial charge on any atom is -0.378 e. The molecule has 0 aromatic carbocycles. The Morgan fingerprint density at radius 1 is 1.16 bits per heavy atom. The van der Waals surface area contributed by atoms with Crippen LogP contribution in [-0.2, 0) is 14.3 Å². The Kier molecular flexibility index (Phi) is 8.04. The van der Waals surface area contributed by atoms with Crippen molar-refractivity contribution in [3.8, 4) is 0 Å². The highest BCUT2D eigenvalue weighted by Gasteiger charge is 2.30. The van der Waals surface area contributed by atoms with Crippen LogP contribution in [0.4, 0.5) is 5.82 Å². The first kappa shape index (κ1) is 24.1. The van der Waals surface area contributed by atoms with Crippen molar-refractivity contribution >= 4 is 41.0 Å². The molecule has 2 saturated heterocycles. The molecule has 2 aliphatic rings. The van der Waals surface area contributed by atoms with Gasteiger partial charge in [0.2, 0.25) is 11.8 Å². The van der Waals surface area contributed by atoms with Crippen molar-refractivity contribution < 1.29 is 14.3 Å². The van der Waals surface area contributed by atoms with Crippen LogP contribution in [0, 0.1) is 5.41 Å². The van der Waals surface area contributed by atoms with Crippen LogP contribution in [0.15, 0.2) is 11.2 Å². The summed E-state index contributed by atoms with van der Waals surface area (Å²) in [4.78, 5) is 39.9. The van der Waals surface area contributed by atoms with E-state index in [1.165, 1.54) is 11.8 Å². The number of hydrogen-bond donors (Lipinski definition) is 0. The normalized spacial score (nSPS) is 20.2. The third kappa shape index (κ3) is 6.95. The zero-order chi connectivity index (χ0) is 22.6. The number of halogens is 1. The van der Waals surface area contributed by atoms with Gasteiger partial charge in [-0.3, -0.25) is 9.59 Å². The van der Waals surface area contributed by atoms with E-state index in [4.69, 9.17) is 16.3 Å². The molecule has 31 heavy (non-hydrogen) atoms. The Bertz CT molecular complexity index is 798. The van der Waals surface area contributed by atoms with Gasteiger partial charge in [-0.2, -0.15) is 0 Å². The van der Waals surface area contributed by atoms with E-state index >= 15 is 0 Å². The quantitative estimate of drug-likeness (QED) is 0.372. The topological polar surface area (TPSA) is 78.9 Å². The summed E-state index contributed by atoms with van der Waals surface area (Å²) in [6, 6.07) is 1.82. The number of amides is 2. The van der Waals surface area contributed by atoms with Crippen LogP contribution >= 0.6 is 23.4 Å². The summed E-state index contributed by atoms with van der Waals surface area (Å²) in [6.45, 7) is 12.7.